The summed E-state index contributed by atoms with van der Waals surface area (Å²) in [5.74, 6) is 0. The third-order valence-electron chi connectivity index (χ3n) is 0.306. The third-order valence-corrected chi connectivity index (χ3v) is 0.919. The van der Waals surface area contributed by atoms with Gasteiger partial charge in [0.05, 0.1) is 0 Å². The maximum absolute atomic E-state index is 4.54. The molecular formula is C5H9S. The van der Waals surface area contributed by atoms with Crippen molar-refractivity contribution in [2.24, 2.45) is 5.41 Å². The lowest BCUT2D eigenvalue weighted by Gasteiger charge is -2.05. The molecule has 6 heavy (non-hydrogen) atoms. The Morgan fingerprint density at radius 1 is 1.33 bits per heavy atom. The molecule has 0 bridgehead atoms. The third kappa shape index (κ3) is 4.09. The first-order valence-electron chi connectivity index (χ1n) is 1.95. The van der Waals surface area contributed by atoms with Crippen molar-refractivity contribution in [3.05, 3.63) is 0 Å². The summed E-state index contributed by atoms with van der Waals surface area (Å²) in [6, 6.07) is 0. The maximum Gasteiger partial charge on any atom is 0.0350 e. The first kappa shape index (κ1) is 6.09. The highest BCUT2D eigenvalue weighted by molar-refractivity contribution is 7.79. The summed E-state index contributed by atoms with van der Waals surface area (Å²) in [6.07, 6.45) is 0. The van der Waals surface area contributed by atoms with E-state index in [0.29, 0.717) is 0 Å². The molecule has 0 atom stereocenters. The van der Waals surface area contributed by atoms with Gasteiger partial charge in [0.15, 0.2) is 0 Å². The zero-order chi connectivity index (χ0) is 5.21. The second-order valence-corrected chi connectivity index (χ2v) is 2.56. The van der Waals surface area contributed by atoms with E-state index >= 15 is 0 Å². The molecule has 0 aromatic carbocycles. The summed E-state index contributed by atoms with van der Waals surface area (Å²) in [4.78, 5) is 0. The average molecular weight is 101 g/mol. The molecule has 0 nitrogen and oxygen atoms in total. The first-order valence-corrected chi connectivity index (χ1v) is 2.36. The maximum atomic E-state index is 4.54. The quantitative estimate of drug-likeness (QED) is 0.420. The van der Waals surface area contributed by atoms with Crippen molar-refractivity contribution in [2.45, 2.75) is 20.8 Å². The van der Waals surface area contributed by atoms with Crippen molar-refractivity contribution in [3.8, 4) is 0 Å². The van der Waals surface area contributed by atoms with Gasteiger partial charge in [0.1, 0.15) is 0 Å². The number of hydrogen-bond acceptors (Lipinski definition) is 1. The summed E-state index contributed by atoms with van der Waals surface area (Å²) in [7, 11) is 0. The van der Waals surface area contributed by atoms with Gasteiger partial charge in [-0.25, -0.2) is 0 Å². The van der Waals surface area contributed by atoms with Crippen molar-refractivity contribution in [2.75, 3.05) is 0 Å². The Morgan fingerprint density at radius 2 is 1.50 bits per heavy atom. The Labute approximate surface area is 44.6 Å². The van der Waals surface area contributed by atoms with Crippen LogP contribution in [0.5, 0.6) is 0 Å². The zero-order valence-corrected chi connectivity index (χ0v) is 5.22. The molecule has 0 heterocycles. The minimum absolute atomic E-state index is 0.106. The van der Waals surface area contributed by atoms with Crippen molar-refractivity contribution in [1.82, 2.24) is 0 Å². The Kier molecular flexibility index (Phi) is 1.72. The predicted molar refractivity (Wildman–Crippen MR) is 32.1 cm³/mol. The van der Waals surface area contributed by atoms with E-state index in [-0.39, 0.29) is 5.41 Å². The number of thiocarbonyl (C=S) groups is 1. The van der Waals surface area contributed by atoms with Crippen LogP contribution in [-0.4, -0.2) is 5.37 Å². The molecule has 0 fully saturated rings. The molecule has 0 aliphatic heterocycles. The van der Waals surface area contributed by atoms with E-state index in [4.69, 9.17) is 0 Å². The highest BCUT2D eigenvalue weighted by atomic mass is 32.1. The van der Waals surface area contributed by atoms with Gasteiger partial charge in [0.2, 0.25) is 0 Å². The van der Waals surface area contributed by atoms with Crippen molar-refractivity contribution in [3.63, 3.8) is 0 Å². The highest BCUT2D eigenvalue weighted by Gasteiger charge is 2.02. The summed E-state index contributed by atoms with van der Waals surface area (Å²) in [5, 5.41) is 2.69. The Bertz CT molecular complexity index is 49.4. The second-order valence-electron chi connectivity index (χ2n) is 2.35. The summed E-state index contributed by atoms with van der Waals surface area (Å²) < 4.78 is 0. The van der Waals surface area contributed by atoms with Gasteiger partial charge >= 0.3 is 0 Å². The average Bonchev–Trinajstić information content (AvgIpc) is 1.35. The molecule has 0 saturated carbocycles. The molecule has 0 aliphatic carbocycles. The lowest BCUT2D eigenvalue weighted by atomic mass is 10.0. The standard InChI is InChI=1S/C5H9S/c1-5(2,3)4-6/h1-3H3. The molecule has 0 aromatic rings. The molecule has 0 unspecified atom stereocenters. The zero-order valence-electron chi connectivity index (χ0n) is 4.41. The molecule has 0 spiro atoms. The van der Waals surface area contributed by atoms with E-state index in [1.807, 2.05) is 20.8 Å². The van der Waals surface area contributed by atoms with Crippen LogP contribution in [0.2, 0.25) is 0 Å². The highest BCUT2D eigenvalue weighted by Crippen LogP contribution is 2.07. The van der Waals surface area contributed by atoms with Gasteiger partial charge in [0, 0.05) is 5.37 Å². The molecule has 0 aromatic heterocycles. The van der Waals surface area contributed by atoms with E-state index in [1.54, 1.807) is 0 Å². The molecule has 1 radical (unpaired) electrons. The van der Waals surface area contributed by atoms with Crippen LogP contribution in [-0.2, 0) is 0 Å². The molecule has 0 saturated heterocycles. The lowest BCUT2D eigenvalue weighted by molar-refractivity contribution is 0.615. The van der Waals surface area contributed by atoms with Gasteiger partial charge in [-0.1, -0.05) is 33.0 Å². The van der Waals surface area contributed by atoms with Crippen molar-refractivity contribution >= 4 is 17.6 Å². The fraction of sp³-hybridized carbons (Fsp3) is 0.800. The summed E-state index contributed by atoms with van der Waals surface area (Å²) >= 11 is 4.54. The van der Waals surface area contributed by atoms with Gasteiger partial charge < -0.3 is 0 Å². The fourth-order valence-electron chi connectivity index (χ4n) is 0. The van der Waals surface area contributed by atoms with Crippen LogP contribution in [0.3, 0.4) is 0 Å². The van der Waals surface area contributed by atoms with Gasteiger partial charge in [-0.2, -0.15) is 0 Å². The van der Waals surface area contributed by atoms with E-state index in [9.17, 15) is 0 Å². The molecule has 1 heteroatoms. The van der Waals surface area contributed by atoms with Crippen molar-refractivity contribution < 1.29 is 0 Å². The Balaban J connectivity index is 3.45. The van der Waals surface area contributed by atoms with Gasteiger partial charge in [-0.3, -0.25) is 0 Å². The number of rotatable bonds is 0. The first-order chi connectivity index (χ1) is 2.56. The smallest absolute Gasteiger partial charge is 0.0350 e. The Morgan fingerprint density at radius 3 is 1.50 bits per heavy atom. The van der Waals surface area contributed by atoms with Gasteiger partial charge in [-0.05, 0) is 5.41 Å². The molecule has 0 N–H and O–H groups in total. The topological polar surface area (TPSA) is 0 Å². The van der Waals surface area contributed by atoms with E-state index in [2.05, 4.69) is 17.6 Å². The normalized spacial score (nSPS) is 11.2. The van der Waals surface area contributed by atoms with Crippen LogP contribution >= 0.6 is 12.2 Å². The molecule has 0 rings (SSSR count). The summed E-state index contributed by atoms with van der Waals surface area (Å²) in [6.45, 7) is 6.08. The van der Waals surface area contributed by atoms with Crippen LogP contribution in [0.15, 0.2) is 0 Å². The van der Waals surface area contributed by atoms with Crippen LogP contribution in [0.4, 0.5) is 0 Å². The van der Waals surface area contributed by atoms with Crippen LogP contribution in [0.1, 0.15) is 20.8 Å². The van der Waals surface area contributed by atoms with Crippen LogP contribution < -0.4 is 0 Å². The van der Waals surface area contributed by atoms with E-state index in [1.165, 1.54) is 0 Å². The fourth-order valence-corrected chi connectivity index (χ4v) is 0. The minimum atomic E-state index is 0.106. The minimum Gasteiger partial charge on any atom is -0.0831 e. The van der Waals surface area contributed by atoms with E-state index in [0.717, 1.165) is 0 Å². The molecular weight excluding hydrogens is 92.1 g/mol. The molecule has 0 amide bonds. The lowest BCUT2D eigenvalue weighted by Crippen LogP contribution is -2.02. The monoisotopic (exact) mass is 101 g/mol. The van der Waals surface area contributed by atoms with Crippen LogP contribution in [0, 0.1) is 5.41 Å². The second kappa shape index (κ2) is 1.69. The largest absolute Gasteiger partial charge is 0.0831 e. The molecule has 0 aliphatic rings. The number of hydrogen-bond donors (Lipinski definition) is 0. The van der Waals surface area contributed by atoms with Crippen LogP contribution in [0.25, 0.3) is 0 Å². The molecule has 35 valence electrons. The SMILES string of the molecule is CC(C)(C)[C]=S. The van der Waals surface area contributed by atoms with Gasteiger partial charge in [0.25, 0.3) is 0 Å². The van der Waals surface area contributed by atoms with E-state index < -0.39 is 0 Å². The summed E-state index contributed by atoms with van der Waals surface area (Å²) in [5.41, 5.74) is 0.106. The Hall–Kier alpha value is 0.0900. The predicted octanol–water partition coefficient (Wildman–Crippen LogP) is 1.91. The van der Waals surface area contributed by atoms with Crippen molar-refractivity contribution in [1.29, 1.82) is 0 Å². The van der Waals surface area contributed by atoms with Gasteiger partial charge in [-0.15, -0.1) is 0 Å².